The first-order valence-corrected chi connectivity index (χ1v) is 8.99. The predicted octanol–water partition coefficient (Wildman–Crippen LogP) is 3.49. The average Bonchev–Trinajstić information content (AvgIpc) is 3.11. The van der Waals surface area contributed by atoms with E-state index in [0.717, 1.165) is 11.8 Å². The second-order valence-electron chi connectivity index (χ2n) is 4.99. The van der Waals surface area contributed by atoms with Gasteiger partial charge in [-0.05, 0) is 12.1 Å². The van der Waals surface area contributed by atoms with Crippen LogP contribution in [0.3, 0.4) is 0 Å². The van der Waals surface area contributed by atoms with Crippen LogP contribution < -0.4 is 5.32 Å². The van der Waals surface area contributed by atoms with Gasteiger partial charge in [0.25, 0.3) is 5.91 Å². The van der Waals surface area contributed by atoms with E-state index in [1.165, 1.54) is 11.3 Å². The number of anilines is 1. The first kappa shape index (κ1) is 18.5. The smallest absolute Gasteiger partial charge is 0.377 e. The average molecular weight is 415 g/mol. The van der Waals surface area contributed by atoms with Crippen molar-refractivity contribution in [1.29, 1.82) is 0 Å². The number of nitrogens with zero attached hydrogens (tertiary/aromatic N) is 1. The molecule has 0 fully saturated rings. The van der Waals surface area contributed by atoms with Crippen molar-refractivity contribution in [3.63, 3.8) is 0 Å². The minimum Gasteiger partial charge on any atom is -0.493 e. The normalized spacial score (nSPS) is 13.2. The lowest BCUT2D eigenvalue weighted by Crippen LogP contribution is -2.23. The topological polar surface area (TPSA) is 86.8 Å². The number of carbonyl (C=O) groups excluding carboxylic acids is 2. The molecule has 0 unspecified atom stereocenters. The van der Waals surface area contributed by atoms with Gasteiger partial charge in [-0.3, -0.25) is 10.1 Å². The lowest BCUT2D eigenvalue weighted by Gasteiger charge is -2.14. The Kier molecular flexibility index (Phi) is 5.97. The molecule has 0 aliphatic carbocycles. The molecule has 0 atom stereocenters. The van der Waals surface area contributed by atoms with Gasteiger partial charge in [0, 0.05) is 10.9 Å². The number of nitrogens with one attached hydrogen (secondary N) is 1. The second-order valence-corrected chi connectivity index (χ2v) is 6.66. The number of hydrogen-bond acceptors (Lipinski definition) is 7. The van der Waals surface area contributed by atoms with E-state index < -0.39 is 18.5 Å². The fraction of sp³-hybridized carbons (Fsp3) is 0.188. The Morgan fingerprint density at radius 1 is 1.27 bits per heavy atom. The highest BCUT2D eigenvalue weighted by molar-refractivity contribution is 7.14. The molecule has 0 saturated carbocycles. The van der Waals surface area contributed by atoms with Gasteiger partial charge >= 0.3 is 5.97 Å². The summed E-state index contributed by atoms with van der Waals surface area (Å²) in [5, 5.41) is 5.55. The molecule has 136 valence electrons. The summed E-state index contributed by atoms with van der Waals surface area (Å²) in [5.74, 6) is -1.36. The van der Waals surface area contributed by atoms with Crippen molar-refractivity contribution in [2.24, 2.45) is 0 Å². The van der Waals surface area contributed by atoms with Gasteiger partial charge in [-0.1, -0.05) is 29.3 Å². The van der Waals surface area contributed by atoms with Crippen LogP contribution in [0.5, 0.6) is 0 Å². The van der Waals surface area contributed by atoms with Crippen LogP contribution in [-0.2, 0) is 23.8 Å². The number of hydrogen-bond donors (Lipinski definition) is 1. The summed E-state index contributed by atoms with van der Waals surface area (Å²) < 4.78 is 14.9. The number of ether oxygens (including phenoxy) is 3. The van der Waals surface area contributed by atoms with Crippen molar-refractivity contribution >= 4 is 51.5 Å². The molecule has 0 bridgehead atoms. The van der Waals surface area contributed by atoms with Crippen LogP contribution in [0.25, 0.3) is 11.3 Å². The zero-order valence-corrected chi connectivity index (χ0v) is 15.5. The maximum atomic E-state index is 11.9. The van der Waals surface area contributed by atoms with Crippen molar-refractivity contribution in [3.8, 4) is 11.3 Å². The molecule has 1 N–H and O–H groups in total. The van der Waals surface area contributed by atoms with E-state index >= 15 is 0 Å². The Bertz CT molecular complexity index is 868. The predicted molar refractivity (Wildman–Crippen MR) is 97.1 cm³/mol. The number of benzene rings is 1. The van der Waals surface area contributed by atoms with E-state index in [4.69, 9.17) is 37.4 Å². The largest absolute Gasteiger partial charge is 0.493 e. The number of aromatic nitrogens is 1. The van der Waals surface area contributed by atoms with Crippen molar-refractivity contribution in [2.45, 2.75) is 0 Å². The highest BCUT2D eigenvalue weighted by Gasteiger charge is 2.18. The van der Waals surface area contributed by atoms with E-state index in [9.17, 15) is 9.59 Å². The number of halogens is 2. The number of esters is 1. The molecular formula is C16H12Cl2N2O5S. The Morgan fingerprint density at radius 3 is 2.85 bits per heavy atom. The summed E-state index contributed by atoms with van der Waals surface area (Å²) in [7, 11) is 0. The maximum absolute atomic E-state index is 11.9. The second kappa shape index (κ2) is 8.39. The van der Waals surface area contributed by atoms with Crippen LogP contribution in [0.4, 0.5) is 5.13 Å². The van der Waals surface area contributed by atoms with Crippen LogP contribution >= 0.6 is 34.5 Å². The molecule has 1 aliphatic rings. The van der Waals surface area contributed by atoms with E-state index in [1.807, 2.05) is 0 Å². The molecule has 10 heteroatoms. The fourth-order valence-electron chi connectivity index (χ4n) is 1.95. The van der Waals surface area contributed by atoms with Gasteiger partial charge in [0.2, 0.25) is 5.76 Å². The highest BCUT2D eigenvalue weighted by Crippen LogP contribution is 2.30. The van der Waals surface area contributed by atoms with Crippen molar-refractivity contribution in [2.75, 3.05) is 25.1 Å². The highest BCUT2D eigenvalue weighted by atomic mass is 35.5. The summed E-state index contributed by atoms with van der Waals surface area (Å²) in [6.45, 7) is 0.146. The van der Waals surface area contributed by atoms with Crippen LogP contribution in [0.2, 0.25) is 10.0 Å². The molecule has 1 aliphatic heterocycles. The fourth-order valence-corrected chi connectivity index (χ4v) is 2.99. The summed E-state index contributed by atoms with van der Waals surface area (Å²) in [6.07, 6.45) is 1.16. The lowest BCUT2D eigenvalue weighted by molar-refractivity contribution is -0.148. The number of thiazole rings is 1. The van der Waals surface area contributed by atoms with Gasteiger partial charge in [0.05, 0.1) is 15.7 Å². The molecular weight excluding hydrogens is 403 g/mol. The van der Waals surface area contributed by atoms with Crippen molar-refractivity contribution < 1.29 is 23.8 Å². The summed E-state index contributed by atoms with van der Waals surface area (Å²) >= 11 is 13.1. The van der Waals surface area contributed by atoms with E-state index in [-0.39, 0.29) is 12.4 Å². The summed E-state index contributed by atoms with van der Waals surface area (Å²) in [5.41, 5.74) is 1.41. The van der Waals surface area contributed by atoms with E-state index in [2.05, 4.69) is 10.3 Å². The SMILES string of the molecule is O=C(COC(=O)C1=COCCO1)Nc1nc(-c2ccc(Cl)c(Cl)c2)cs1. The van der Waals surface area contributed by atoms with Gasteiger partial charge in [-0.2, -0.15) is 0 Å². The van der Waals surface area contributed by atoms with Crippen LogP contribution in [0.15, 0.2) is 35.6 Å². The third-order valence-corrected chi connectivity index (χ3v) is 4.65. The molecule has 2 heterocycles. The van der Waals surface area contributed by atoms with Crippen molar-refractivity contribution in [3.05, 3.63) is 45.6 Å². The zero-order chi connectivity index (χ0) is 18.5. The molecule has 2 aromatic rings. The minimum absolute atomic E-state index is 0.0693. The van der Waals surface area contributed by atoms with Crippen LogP contribution in [-0.4, -0.2) is 36.7 Å². The zero-order valence-electron chi connectivity index (χ0n) is 13.2. The minimum atomic E-state index is -0.768. The van der Waals surface area contributed by atoms with E-state index in [1.54, 1.807) is 23.6 Å². The lowest BCUT2D eigenvalue weighted by atomic mass is 10.2. The molecule has 0 spiro atoms. The summed E-state index contributed by atoms with van der Waals surface area (Å²) in [4.78, 5) is 27.9. The molecule has 0 radical (unpaired) electrons. The Hall–Kier alpha value is -2.29. The number of carbonyl (C=O) groups is 2. The molecule has 3 rings (SSSR count). The van der Waals surface area contributed by atoms with Crippen molar-refractivity contribution in [1.82, 2.24) is 4.98 Å². The molecule has 26 heavy (non-hydrogen) atoms. The summed E-state index contributed by atoms with van der Waals surface area (Å²) in [6, 6.07) is 5.13. The van der Waals surface area contributed by atoms with E-state index in [0.29, 0.717) is 27.5 Å². The Balaban J connectivity index is 1.55. The van der Waals surface area contributed by atoms with Gasteiger partial charge in [0.15, 0.2) is 11.7 Å². The first-order chi connectivity index (χ1) is 12.5. The van der Waals surface area contributed by atoms with Gasteiger partial charge in [0.1, 0.15) is 19.5 Å². The van der Waals surface area contributed by atoms with Gasteiger partial charge in [-0.25, -0.2) is 9.78 Å². The molecule has 1 amide bonds. The quantitative estimate of drug-likeness (QED) is 0.753. The maximum Gasteiger partial charge on any atom is 0.377 e. The molecule has 7 nitrogen and oxygen atoms in total. The molecule has 1 aromatic carbocycles. The van der Waals surface area contributed by atoms with Gasteiger partial charge < -0.3 is 14.2 Å². The number of amides is 1. The first-order valence-electron chi connectivity index (χ1n) is 7.35. The van der Waals surface area contributed by atoms with Crippen LogP contribution in [0.1, 0.15) is 0 Å². The Morgan fingerprint density at radius 2 is 2.12 bits per heavy atom. The monoisotopic (exact) mass is 414 g/mol. The van der Waals surface area contributed by atoms with Crippen LogP contribution in [0, 0.1) is 0 Å². The van der Waals surface area contributed by atoms with Gasteiger partial charge in [-0.15, -0.1) is 11.3 Å². The third kappa shape index (κ3) is 4.66. The Labute approximate surface area is 162 Å². The molecule has 1 aromatic heterocycles. The molecule has 0 saturated heterocycles. The standard InChI is InChI=1S/C16H12Cl2N2O5S/c17-10-2-1-9(5-11(10)18)12-8-26-16(19-12)20-14(21)7-25-15(22)13-6-23-3-4-24-13/h1-2,5-6,8H,3-4,7H2,(H,19,20,21). The third-order valence-electron chi connectivity index (χ3n) is 3.15. The number of rotatable bonds is 5.